The average Bonchev–Trinajstić information content (AvgIpc) is 3.12. The van der Waals surface area contributed by atoms with E-state index >= 15 is 0 Å². The van der Waals surface area contributed by atoms with Crippen molar-refractivity contribution in [3.8, 4) is 0 Å². The van der Waals surface area contributed by atoms with Crippen LogP contribution in [-0.4, -0.2) is 10.2 Å². The zero-order valence-corrected chi connectivity index (χ0v) is 13.3. The highest BCUT2D eigenvalue weighted by atomic mass is 35.5. The van der Waals surface area contributed by atoms with Crippen molar-refractivity contribution in [3.05, 3.63) is 76.6 Å². The first-order valence-electron chi connectivity index (χ1n) is 7.50. The molecule has 0 radical (unpaired) electrons. The molecule has 0 saturated heterocycles. The lowest BCUT2D eigenvalue weighted by molar-refractivity contribution is 0.101. The van der Waals surface area contributed by atoms with Crippen molar-refractivity contribution in [3.63, 3.8) is 0 Å². The summed E-state index contributed by atoms with van der Waals surface area (Å²) in [5, 5.41) is 0.606. The van der Waals surface area contributed by atoms with E-state index in [2.05, 4.69) is 17.4 Å². The third kappa shape index (κ3) is 2.16. The number of fused-ring (bicyclic) bond motifs is 3. The number of halogens is 1. The fourth-order valence-corrected chi connectivity index (χ4v) is 3.12. The van der Waals surface area contributed by atoms with Crippen molar-refractivity contribution in [1.29, 1.82) is 0 Å². The number of ketones is 1. The molecule has 0 unspecified atom stereocenters. The van der Waals surface area contributed by atoms with E-state index in [9.17, 15) is 4.79 Å². The minimum absolute atomic E-state index is 0.135. The van der Waals surface area contributed by atoms with E-state index in [4.69, 9.17) is 16.0 Å². The fraction of sp³-hybridized carbons (Fsp3) is 0.105. The molecule has 0 amide bonds. The van der Waals surface area contributed by atoms with Crippen LogP contribution in [0.15, 0.2) is 59.1 Å². The summed E-state index contributed by atoms with van der Waals surface area (Å²) in [6.45, 7) is 2.09. The van der Waals surface area contributed by atoms with Crippen molar-refractivity contribution in [2.75, 3.05) is 0 Å². The molecule has 0 spiro atoms. The molecule has 114 valence electrons. The molecule has 3 aromatic heterocycles. The minimum atomic E-state index is -0.135. The highest BCUT2D eigenvalue weighted by Crippen LogP contribution is 2.30. The molecule has 0 aliphatic rings. The zero-order chi connectivity index (χ0) is 16.0. The lowest BCUT2D eigenvalue weighted by atomic mass is 10.1. The molecular formula is C19H14ClNO2. The van der Waals surface area contributed by atoms with Gasteiger partial charge in [-0.05, 0) is 42.8 Å². The Morgan fingerprint density at radius 3 is 2.65 bits per heavy atom. The van der Waals surface area contributed by atoms with Crippen LogP contribution in [-0.2, 0) is 6.42 Å². The smallest absolute Gasteiger partial charge is 0.228 e. The largest absolute Gasteiger partial charge is 0.451 e. The van der Waals surface area contributed by atoms with Gasteiger partial charge in [0.1, 0.15) is 0 Å². The number of benzene rings is 1. The highest BCUT2D eigenvalue weighted by molar-refractivity contribution is 6.30. The number of carbonyl (C=O) groups is 1. The van der Waals surface area contributed by atoms with Crippen LogP contribution in [0.3, 0.4) is 0 Å². The Balaban J connectivity index is 1.89. The number of hydrogen-bond acceptors (Lipinski definition) is 2. The summed E-state index contributed by atoms with van der Waals surface area (Å²) in [5.41, 5.74) is 4.52. The van der Waals surface area contributed by atoms with E-state index in [0.29, 0.717) is 16.3 Å². The Labute approximate surface area is 138 Å². The average molecular weight is 324 g/mol. The number of aryl methyl sites for hydroxylation is 1. The van der Waals surface area contributed by atoms with E-state index in [1.54, 1.807) is 24.3 Å². The normalized spacial score (nSPS) is 11.4. The molecule has 4 rings (SSSR count). The van der Waals surface area contributed by atoms with Gasteiger partial charge in [-0.3, -0.25) is 4.79 Å². The van der Waals surface area contributed by atoms with Crippen molar-refractivity contribution >= 4 is 34.0 Å². The van der Waals surface area contributed by atoms with Crippen molar-refractivity contribution in [2.24, 2.45) is 0 Å². The van der Waals surface area contributed by atoms with Crippen LogP contribution >= 0.6 is 11.6 Å². The van der Waals surface area contributed by atoms with E-state index < -0.39 is 0 Å². The molecule has 0 saturated carbocycles. The lowest BCUT2D eigenvalue weighted by Crippen LogP contribution is -1.99. The van der Waals surface area contributed by atoms with Gasteiger partial charge in [0.2, 0.25) is 5.78 Å². The van der Waals surface area contributed by atoms with Crippen LogP contribution in [0.2, 0.25) is 5.02 Å². The maximum absolute atomic E-state index is 12.6. The number of hydrogen-bond donors (Lipinski definition) is 0. The van der Waals surface area contributed by atoms with Crippen molar-refractivity contribution in [1.82, 2.24) is 4.40 Å². The third-order valence-electron chi connectivity index (χ3n) is 4.10. The molecular weight excluding hydrogens is 310 g/mol. The molecule has 0 fully saturated rings. The van der Waals surface area contributed by atoms with E-state index in [0.717, 1.165) is 28.6 Å². The van der Waals surface area contributed by atoms with Crippen LogP contribution in [0, 0.1) is 0 Å². The SMILES string of the molecule is CCc1c2oc(C(=O)c3ccc(Cl)cc3)cc2n2ccccc12. The molecule has 0 aliphatic heterocycles. The van der Waals surface area contributed by atoms with Crippen LogP contribution < -0.4 is 0 Å². The maximum atomic E-state index is 12.6. The predicted octanol–water partition coefficient (Wildman–Crippen LogP) is 5.13. The molecule has 3 nitrogen and oxygen atoms in total. The van der Waals surface area contributed by atoms with Gasteiger partial charge in [0.25, 0.3) is 0 Å². The van der Waals surface area contributed by atoms with Gasteiger partial charge in [0.05, 0.1) is 11.0 Å². The topological polar surface area (TPSA) is 34.6 Å². The molecule has 0 bridgehead atoms. The molecule has 4 aromatic rings. The first-order chi connectivity index (χ1) is 11.2. The second-order valence-electron chi connectivity index (χ2n) is 5.45. The maximum Gasteiger partial charge on any atom is 0.228 e. The Bertz CT molecular complexity index is 1020. The number of rotatable bonds is 3. The monoisotopic (exact) mass is 323 g/mol. The summed E-state index contributed by atoms with van der Waals surface area (Å²) in [5.74, 6) is 0.217. The Morgan fingerprint density at radius 1 is 1.13 bits per heavy atom. The number of nitrogens with zero attached hydrogens (tertiary/aromatic N) is 1. The van der Waals surface area contributed by atoms with E-state index in [1.807, 2.05) is 24.4 Å². The predicted molar refractivity (Wildman–Crippen MR) is 91.4 cm³/mol. The van der Waals surface area contributed by atoms with Gasteiger partial charge in [0, 0.05) is 28.4 Å². The summed E-state index contributed by atoms with van der Waals surface area (Å²) in [6.07, 6.45) is 2.84. The number of furan rings is 1. The summed E-state index contributed by atoms with van der Waals surface area (Å²) in [6, 6.07) is 14.7. The molecule has 23 heavy (non-hydrogen) atoms. The van der Waals surface area contributed by atoms with Crippen LogP contribution in [0.25, 0.3) is 16.6 Å². The summed E-state index contributed by atoms with van der Waals surface area (Å²) >= 11 is 5.88. The van der Waals surface area contributed by atoms with Gasteiger partial charge >= 0.3 is 0 Å². The molecule has 0 N–H and O–H groups in total. The second kappa shape index (κ2) is 5.28. The molecule has 0 atom stereocenters. The molecule has 0 aliphatic carbocycles. The molecule has 4 heteroatoms. The summed E-state index contributed by atoms with van der Waals surface area (Å²) < 4.78 is 7.98. The van der Waals surface area contributed by atoms with E-state index in [-0.39, 0.29) is 5.78 Å². The lowest BCUT2D eigenvalue weighted by Gasteiger charge is -1.99. The van der Waals surface area contributed by atoms with Crippen LogP contribution in [0.5, 0.6) is 0 Å². The Kier molecular flexibility index (Phi) is 3.24. The number of aromatic nitrogens is 1. The van der Waals surface area contributed by atoms with Gasteiger partial charge in [-0.25, -0.2) is 0 Å². The molecule has 3 heterocycles. The minimum Gasteiger partial charge on any atom is -0.451 e. The van der Waals surface area contributed by atoms with E-state index in [1.165, 1.54) is 0 Å². The van der Waals surface area contributed by atoms with Gasteiger partial charge in [-0.15, -0.1) is 0 Å². The van der Waals surface area contributed by atoms with Crippen LogP contribution in [0.4, 0.5) is 0 Å². The zero-order valence-electron chi connectivity index (χ0n) is 12.5. The van der Waals surface area contributed by atoms with Gasteiger partial charge in [0.15, 0.2) is 11.3 Å². The van der Waals surface area contributed by atoms with Crippen molar-refractivity contribution < 1.29 is 9.21 Å². The Morgan fingerprint density at radius 2 is 1.91 bits per heavy atom. The molecule has 1 aromatic carbocycles. The third-order valence-corrected chi connectivity index (χ3v) is 4.35. The summed E-state index contributed by atoms with van der Waals surface area (Å²) in [7, 11) is 0. The van der Waals surface area contributed by atoms with Gasteiger partial charge < -0.3 is 8.82 Å². The van der Waals surface area contributed by atoms with Crippen LogP contribution in [0.1, 0.15) is 28.6 Å². The van der Waals surface area contributed by atoms with Crippen molar-refractivity contribution in [2.45, 2.75) is 13.3 Å². The Hall–Kier alpha value is -2.52. The first-order valence-corrected chi connectivity index (χ1v) is 7.88. The second-order valence-corrected chi connectivity index (χ2v) is 5.89. The van der Waals surface area contributed by atoms with Gasteiger partial charge in [-0.1, -0.05) is 24.6 Å². The quantitative estimate of drug-likeness (QED) is 0.490. The highest BCUT2D eigenvalue weighted by Gasteiger charge is 2.20. The number of pyridine rings is 1. The van der Waals surface area contributed by atoms with Gasteiger partial charge in [-0.2, -0.15) is 0 Å². The first kappa shape index (κ1) is 14.1. The summed E-state index contributed by atoms with van der Waals surface area (Å²) in [4.78, 5) is 12.6. The fourth-order valence-electron chi connectivity index (χ4n) is 2.99. The number of carbonyl (C=O) groups excluding carboxylic acids is 1. The standard InChI is InChI=1S/C19H14ClNO2/c1-2-14-15-5-3-4-10-21(15)16-11-17(23-19(14)16)18(22)12-6-8-13(20)9-7-12/h3-11H,2H2,1H3.